The Morgan fingerprint density at radius 2 is 2.00 bits per heavy atom. The number of hydrogen-bond donors (Lipinski definition) is 1. The highest BCUT2D eigenvalue weighted by Gasteiger charge is 2.27. The third kappa shape index (κ3) is 3.42. The van der Waals surface area contributed by atoms with E-state index in [4.69, 9.17) is 0 Å². The molecule has 0 radical (unpaired) electrons. The normalized spacial score (nSPS) is 17.1. The molecular formula is C19H23N7O. The molecule has 1 aliphatic rings. The van der Waals surface area contributed by atoms with E-state index >= 15 is 0 Å². The maximum atomic E-state index is 12.4. The standard InChI is InChI=1S/C19H23N7O/c1-24(2)16-11-17(21-13-20-16)25-10-6-7-14(12-25)18-22-23-19(27)26(18)15-8-4-3-5-9-15/h3-5,8-9,11,13-14H,6-7,10,12H2,1-2H3,(H,23,27). The lowest BCUT2D eigenvalue weighted by Crippen LogP contribution is -2.36. The minimum Gasteiger partial charge on any atom is -0.363 e. The Labute approximate surface area is 157 Å². The summed E-state index contributed by atoms with van der Waals surface area (Å²) in [5.74, 6) is 2.71. The van der Waals surface area contributed by atoms with E-state index in [-0.39, 0.29) is 11.6 Å². The van der Waals surface area contributed by atoms with Crippen LogP contribution in [0.4, 0.5) is 11.6 Å². The number of para-hydroxylation sites is 1. The van der Waals surface area contributed by atoms with E-state index in [2.05, 4.69) is 25.1 Å². The second-order valence-corrected chi connectivity index (χ2v) is 6.97. The quantitative estimate of drug-likeness (QED) is 0.759. The van der Waals surface area contributed by atoms with Gasteiger partial charge in [-0.05, 0) is 25.0 Å². The number of nitrogens with one attached hydrogen (secondary N) is 1. The predicted molar refractivity (Wildman–Crippen MR) is 105 cm³/mol. The van der Waals surface area contributed by atoms with Gasteiger partial charge in [-0.15, -0.1) is 0 Å². The average molecular weight is 365 g/mol. The molecule has 0 amide bonds. The molecule has 140 valence electrons. The van der Waals surface area contributed by atoms with E-state index in [0.717, 1.165) is 49.1 Å². The van der Waals surface area contributed by atoms with Crippen molar-refractivity contribution >= 4 is 11.6 Å². The van der Waals surface area contributed by atoms with Crippen molar-refractivity contribution in [1.29, 1.82) is 0 Å². The van der Waals surface area contributed by atoms with E-state index in [1.165, 1.54) is 0 Å². The third-order valence-corrected chi connectivity index (χ3v) is 4.92. The molecule has 1 unspecified atom stereocenters. The molecule has 1 atom stereocenters. The van der Waals surface area contributed by atoms with Crippen molar-refractivity contribution < 1.29 is 0 Å². The van der Waals surface area contributed by atoms with Crippen LogP contribution in [0, 0.1) is 0 Å². The molecule has 8 heteroatoms. The summed E-state index contributed by atoms with van der Waals surface area (Å²) in [6, 6.07) is 11.6. The molecule has 0 spiro atoms. The Morgan fingerprint density at radius 3 is 2.78 bits per heavy atom. The zero-order valence-corrected chi connectivity index (χ0v) is 15.5. The first-order valence-electron chi connectivity index (χ1n) is 9.10. The number of H-pyrrole nitrogens is 1. The van der Waals surface area contributed by atoms with Crippen LogP contribution in [0.5, 0.6) is 0 Å². The van der Waals surface area contributed by atoms with Crippen molar-refractivity contribution in [3.63, 3.8) is 0 Å². The Bertz CT molecular complexity index is 963. The largest absolute Gasteiger partial charge is 0.363 e. The van der Waals surface area contributed by atoms with Crippen LogP contribution in [-0.4, -0.2) is 51.9 Å². The van der Waals surface area contributed by atoms with Gasteiger partial charge in [0.15, 0.2) is 0 Å². The van der Waals surface area contributed by atoms with Gasteiger partial charge in [-0.3, -0.25) is 0 Å². The number of piperidine rings is 1. The molecule has 1 aromatic carbocycles. The molecule has 1 aliphatic heterocycles. The average Bonchev–Trinajstić information content (AvgIpc) is 3.10. The van der Waals surface area contributed by atoms with Crippen LogP contribution in [0.25, 0.3) is 5.69 Å². The fraction of sp³-hybridized carbons (Fsp3) is 0.368. The summed E-state index contributed by atoms with van der Waals surface area (Å²) in [7, 11) is 3.93. The van der Waals surface area contributed by atoms with Gasteiger partial charge >= 0.3 is 5.69 Å². The molecule has 27 heavy (non-hydrogen) atoms. The second kappa shape index (κ2) is 7.22. The van der Waals surface area contributed by atoms with Crippen molar-refractivity contribution in [3.8, 4) is 5.69 Å². The molecule has 3 heterocycles. The van der Waals surface area contributed by atoms with E-state index < -0.39 is 0 Å². The van der Waals surface area contributed by atoms with Gasteiger partial charge in [0.1, 0.15) is 23.8 Å². The molecule has 4 rings (SSSR count). The van der Waals surface area contributed by atoms with Crippen molar-refractivity contribution in [1.82, 2.24) is 24.7 Å². The summed E-state index contributed by atoms with van der Waals surface area (Å²) < 4.78 is 1.68. The lowest BCUT2D eigenvalue weighted by atomic mass is 9.97. The van der Waals surface area contributed by atoms with Gasteiger partial charge < -0.3 is 9.80 Å². The minimum absolute atomic E-state index is 0.149. The molecule has 0 aliphatic carbocycles. The van der Waals surface area contributed by atoms with Crippen LogP contribution in [0.15, 0.2) is 47.5 Å². The summed E-state index contributed by atoms with van der Waals surface area (Å²) in [4.78, 5) is 25.3. The van der Waals surface area contributed by atoms with Crippen molar-refractivity contribution in [2.24, 2.45) is 0 Å². The highest BCUT2D eigenvalue weighted by Crippen LogP contribution is 2.29. The van der Waals surface area contributed by atoms with Crippen LogP contribution in [0.3, 0.4) is 0 Å². The lowest BCUT2D eigenvalue weighted by Gasteiger charge is -2.33. The van der Waals surface area contributed by atoms with Gasteiger partial charge in [-0.25, -0.2) is 24.4 Å². The monoisotopic (exact) mass is 365 g/mol. The van der Waals surface area contributed by atoms with Crippen molar-refractivity contribution in [2.45, 2.75) is 18.8 Å². The third-order valence-electron chi connectivity index (χ3n) is 4.92. The van der Waals surface area contributed by atoms with Gasteiger partial charge in [0, 0.05) is 39.2 Å². The number of anilines is 2. The molecule has 2 aromatic heterocycles. The molecule has 0 bridgehead atoms. The Hall–Kier alpha value is -3.16. The molecule has 3 aromatic rings. The molecule has 0 saturated carbocycles. The van der Waals surface area contributed by atoms with E-state index in [1.54, 1.807) is 10.9 Å². The fourth-order valence-corrected chi connectivity index (χ4v) is 3.56. The topological polar surface area (TPSA) is 82.9 Å². The number of nitrogens with zero attached hydrogens (tertiary/aromatic N) is 6. The first-order chi connectivity index (χ1) is 13.1. The summed E-state index contributed by atoms with van der Waals surface area (Å²) in [5.41, 5.74) is 0.630. The molecule has 1 fully saturated rings. The number of aromatic amines is 1. The molecule has 1 N–H and O–H groups in total. The van der Waals surface area contributed by atoms with Gasteiger partial charge in [0.25, 0.3) is 0 Å². The number of hydrogen-bond acceptors (Lipinski definition) is 6. The summed E-state index contributed by atoms with van der Waals surface area (Å²) >= 11 is 0. The van der Waals surface area contributed by atoms with Crippen LogP contribution in [0.2, 0.25) is 0 Å². The fourth-order valence-electron chi connectivity index (χ4n) is 3.56. The Kier molecular flexibility index (Phi) is 4.62. The van der Waals surface area contributed by atoms with Crippen LogP contribution >= 0.6 is 0 Å². The first-order valence-corrected chi connectivity index (χ1v) is 9.10. The smallest absolute Gasteiger partial charge is 0.347 e. The summed E-state index contributed by atoms with van der Waals surface area (Å²) in [5, 5.41) is 6.97. The number of benzene rings is 1. The Morgan fingerprint density at radius 1 is 1.19 bits per heavy atom. The van der Waals surface area contributed by atoms with Crippen LogP contribution in [-0.2, 0) is 0 Å². The zero-order chi connectivity index (χ0) is 18.8. The van der Waals surface area contributed by atoms with Crippen LogP contribution < -0.4 is 15.5 Å². The highest BCUT2D eigenvalue weighted by atomic mass is 16.1. The SMILES string of the molecule is CN(C)c1cc(N2CCCC(c3n[nH]c(=O)n3-c3ccccc3)C2)ncn1. The van der Waals surface area contributed by atoms with E-state index in [1.807, 2.05) is 55.4 Å². The minimum atomic E-state index is -0.203. The number of rotatable bonds is 4. The van der Waals surface area contributed by atoms with E-state index in [9.17, 15) is 4.79 Å². The van der Waals surface area contributed by atoms with Gasteiger partial charge in [0.2, 0.25) is 0 Å². The lowest BCUT2D eigenvalue weighted by molar-refractivity contribution is 0.482. The van der Waals surface area contributed by atoms with Crippen molar-refractivity contribution in [3.05, 3.63) is 59.0 Å². The highest BCUT2D eigenvalue weighted by molar-refractivity contribution is 5.50. The van der Waals surface area contributed by atoms with Gasteiger partial charge in [-0.1, -0.05) is 18.2 Å². The van der Waals surface area contributed by atoms with E-state index in [0.29, 0.717) is 0 Å². The zero-order valence-electron chi connectivity index (χ0n) is 15.5. The summed E-state index contributed by atoms with van der Waals surface area (Å²) in [6.07, 6.45) is 3.60. The first kappa shape index (κ1) is 17.3. The number of aromatic nitrogens is 5. The molecular weight excluding hydrogens is 342 g/mol. The second-order valence-electron chi connectivity index (χ2n) is 6.97. The molecule has 8 nitrogen and oxygen atoms in total. The van der Waals surface area contributed by atoms with Gasteiger partial charge in [0.05, 0.1) is 5.69 Å². The maximum absolute atomic E-state index is 12.4. The van der Waals surface area contributed by atoms with Gasteiger partial charge in [-0.2, -0.15) is 5.10 Å². The Balaban J connectivity index is 1.63. The van der Waals surface area contributed by atoms with Crippen LogP contribution in [0.1, 0.15) is 24.6 Å². The molecule has 1 saturated heterocycles. The summed E-state index contributed by atoms with van der Waals surface area (Å²) in [6.45, 7) is 1.70. The van der Waals surface area contributed by atoms with Crippen molar-refractivity contribution in [2.75, 3.05) is 37.0 Å². The predicted octanol–water partition coefficient (Wildman–Crippen LogP) is 1.80. The maximum Gasteiger partial charge on any atom is 0.347 e.